The van der Waals surface area contributed by atoms with E-state index in [1.54, 1.807) is 11.9 Å². The Balaban J connectivity index is 1.70. The third-order valence-corrected chi connectivity index (χ3v) is 2.97. The maximum atomic E-state index is 11.1. The summed E-state index contributed by atoms with van der Waals surface area (Å²) in [6.45, 7) is 3.93. The average Bonchev–Trinajstić information content (AvgIpc) is 2.57. The lowest BCUT2D eigenvalue weighted by Gasteiger charge is -2.23. The molecular weight excluding hydrogens is 192 g/mol. The summed E-state index contributed by atoms with van der Waals surface area (Å²) >= 11 is 0. The maximum Gasteiger partial charge on any atom is 0.409 e. The van der Waals surface area contributed by atoms with Gasteiger partial charge in [-0.3, -0.25) is 4.90 Å². The topological polar surface area (TPSA) is 32.8 Å². The lowest BCUT2D eigenvalue weighted by atomic mass is 10.2. The van der Waals surface area contributed by atoms with Crippen molar-refractivity contribution in [3.8, 4) is 0 Å². The van der Waals surface area contributed by atoms with Crippen LogP contribution in [0.15, 0.2) is 12.2 Å². The predicted molar refractivity (Wildman–Crippen MR) is 57.7 cm³/mol. The third-order valence-electron chi connectivity index (χ3n) is 2.97. The Morgan fingerprint density at radius 3 is 3.00 bits per heavy atom. The van der Waals surface area contributed by atoms with Gasteiger partial charge in [0.2, 0.25) is 0 Å². The van der Waals surface area contributed by atoms with Crippen molar-refractivity contribution in [3.63, 3.8) is 0 Å². The van der Waals surface area contributed by atoms with Crippen LogP contribution in [0.1, 0.15) is 12.8 Å². The van der Waals surface area contributed by atoms with Crippen molar-refractivity contribution in [2.45, 2.75) is 18.9 Å². The van der Waals surface area contributed by atoms with Gasteiger partial charge < -0.3 is 9.64 Å². The van der Waals surface area contributed by atoms with Crippen LogP contribution in [-0.4, -0.2) is 55.2 Å². The maximum absolute atomic E-state index is 11.1. The van der Waals surface area contributed by atoms with Crippen molar-refractivity contribution in [2.24, 2.45) is 0 Å². The van der Waals surface area contributed by atoms with Crippen LogP contribution >= 0.6 is 0 Å². The minimum atomic E-state index is -0.182. The molecule has 4 nitrogen and oxygen atoms in total. The summed E-state index contributed by atoms with van der Waals surface area (Å²) in [6, 6.07) is 0. The summed E-state index contributed by atoms with van der Waals surface area (Å²) in [5, 5.41) is 0. The largest absolute Gasteiger partial charge is 0.444 e. The molecule has 2 rings (SSSR count). The fourth-order valence-corrected chi connectivity index (χ4v) is 2.02. The highest BCUT2D eigenvalue weighted by molar-refractivity contribution is 5.69. The zero-order valence-corrected chi connectivity index (χ0v) is 9.19. The Morgan fingerprint density at radius 1 is 1.53 bits per heavy atom. The first kappa shape index (κ1) is 10.5. The van der Waals surface area contributed by atoms with E-state index in [0.29, 0.717) is 0 Å². The number of amides is 1. The number of cyclic esters (lactones) is 1. The van der Waals surface area contributed by atoms with Crippen LogP contribution in [0, 0.1) is 0 Å². The Hall–Kier alpha value is -1.03. The summed E-state index contributed by atoms with van der Waals surface area (Å²) in [5.74, 6) is 0. The number of hydrogen-bond donors (Lipinski definition) is 0. The Kier molecular flexibility index (Phi) is 3.26. The van der Waals surface area contributed by atoms with Gasteiger partial charge in [-0.25, -0.2) is 4.79 Å². The Morgan fingerprint density at radius 2 is 2.40 bits per heavy atom. The molecule has 15 heavy (non-hydrogen) atoms. The van der Waals surface area contributed by atoms with Crippen LogP contribution in [0.2, 0.25) is 0 Å². The van der Waals surface area contributed by atoms with Crippen molar-refractivity contribution in [1.29, 1.82) is 0 Å². The standard InChI is InChI=1S/C11H18N2O2/c1-12-9-10(15-11(12)14)5-8-13-6-3-2-4-7-13/h2-3,10H,4-9H2,1H3. The van der Waals surface area contributed by atoms with Gasteiger partial charge >= 0.3 is 6.09 Å². The molecule has 4 heteroatoms. The second kappa shape index (κ2) is 4.66. The van der Waals surface area contributed by atoms with Gasteiger partial charge in [0.15, 0.2) is 0 Å². The number of carbonyl (C=O) groups is 1. The van der Waals surface area contributed by atoms with Gasteiger partial charge in [0.1, 0.15) is 6.10 Å². The minimum absolute atomic E-state index is 0.0911. The average molecular weight is 210 g/mol. The first-order valence-corrected chi connectivity index (χ1v) is 5.55. The highest BCUT2D eigenvalue weighted by atomic mass is 16.6. The normalized spacial score (nSPS) is 27.1. The Labute approximate surface area is 90.5 Å². The SMILES string of the molecule is CN1CC(CCN2CC=CCC2)OC1=O. The van der Waals surface area contributed by atoms with Gasteiger partial charge in [-0.15, -0.1) is 0 Å². The molecule has 0 aromatic rings. The molecule has 0 spiro atoms. The molecule has 84 valence electrons. The van der Waals surface area contributed by atoms with E-state index in [9.17, 15) is 4.79 Å². The molecule has 0 radical (unpaired) electrons. The van der Waals surface area contributed by atoms with Gasteiger partial charge in [-0.1, -0.05) is 12.2 Å². The van der Waals surface area contributed by atoms with Gasteiger partial charge in [-0.05, 0) is 12.8 Å². The zero-order chi connectivity index (χ0) is 10.7. The molecule has 0 saturated carbocycles. The van der Waals surface area contributed by atoms with Crippen LogP contribution in [-0.2, 0) is 4.74 Å². The first-order valence-electron chi connectivity index (χ1n) is 5.55. The molecule has 1 atom stereocenters. The van der Waals surface area contributed by atoms with E-state index in [0.717, 1.165) is 39.0 Å². The monoisotopic (exact) mass is 210 g/mol. The molecule has 0 aliphatic carbocycles. The van der Waals surface area contributed by atoms with Gasteiger partial charge in [0, 0.05) is 26.7 Å². The zero-order valence-electron chi connectivity index (χ0n) is 9.19. The summed E-state index contributed by atoms with van der Waals surface area (Å²) < 4.78 is 5.21. The molecular formula is C11H18N2O2. The van der Waals surface area contributed by atoms with E-state index in [1.165, 1.54) is 0 Å². The van der Waals surface area contributed by atoms with E-state index in [1.807, 2.05) is 0 Å². The fraction of sp³-hybridized carbons (Fsp3) is 0.727. The number of likely N-dealkylation sites (N-methyl/N-ethyl adjacent to an activating group) is 1. The molecule has 2 aliphatic heterocycles. The molecule has 1 saturated heterocycles. The Bertz CT molecular complexity index is 265. The molecule has 0 N–H and O–H groups in total. The van der Waals surface area contributed by atoms with Gasteiger partial charge in [0.05, 0.1) is 6.54 Å². The summed E-state index contributed by atoms with van der Waals surface area (Å²) in [4.78, 5) is 15.1. The van der Waals surface area contributed by atoms with Crippen LogP contribution in [0.5, 0.6) is 0 Å². The lowest BCUT2D eigenvalue weighted by Crippen LogP contribution is -2.31. The molecule has 1 fully saturated rings. The smallest absolute Gasteiger partial charge is 0.409 e. The van der Waals surface area contributed by atoms with Crippen molar-refractivity contribution in [1.82, 2.24) is 9.80 Å². The second-order valence-corrected chi connectivity index (χ2v) is 4.24. The van der Waals surface area contributed by atoms with E-state index < -0.39 is 0 Å². The van der Waals surface area contributed by atoms with Crippen molar-refractivity contribution >= 4 is 6.09 Å². The first-order chi connectivity index (χ1) is 7.25. The minimum Gasteiger partial charge on any atom is -0.444 e. The van der Waals surface area contributed by atoms with Crippen molar-refractivity contribution in [2.75, 3.05) is 33.2 Å². The van der Waals surface area contributed by atoms with Crippen LogP contribution in [0.25, 0.3) is 0 Å². The summed E-state index contributed by atoms with van der Waals surface area (Å²) in [6.07, 6.45) is 6.43. The van der Waals surface area contributed by atoms with Crippen LogP contribution < -0.4 is 0 Å². The highest BCUT2D eigenvalue weighted by Gasteiger charge is 2.28. The van der Waals surface area contributed by atoms with E-state index in [-0.39, 0.29) is 12.2 Å². The van der Waals surface area contributed by atoms with Gasteiger partial charge in [-0.2, -0.15) is 0 Å². The van der Waals surface area contributed by atoms with E-state index in [2.05, 4.69) is 17.1 Å². The molecule has 2 aliphatic rings. The molecule has 0 aromatic heterocycles. The highest BCUT2D eigenvalue weighted by Crippen LogP contribution is 2.13. The molecule has 0 aromatic carbocycles. The van der Waals surface area contributed by atoms with E-state index >= 15 is 0 Å². The van der Waals surface area contributed by atoms with Crippen LogP contribution in [0.4, 0.5) is 4.79 Å². The number of ether oxygens (including phenoxy) is 1. The molecule has 0 bridgehead atoms. The number of nitrogens with zero attached hydrogens (tertiary/aromatic N) is 2. The summed E-state index contributed by atoms with van der Waals surface area (Å²) in [5.41, 5.74) is 0. The van der Waals surface area contributed by atoms with E-state index in [4.69, 9.17) is 4.74 Å². The second-order valence-electron chi connectivity index (χ2n) is 4.24. The lowest BCUT2D eigenvalue weighted by molar-refractivity contribution is 0.123. The number of rotatable bonds is 3. The van der Waals surface area contributed by atoms with Crippen LogP contribution in [0.3, 0.4) is 0 Å². The molecule has 1 unspecified atom stereocenters. The van der Waals surface area contributed by atoms with Gasteiger partial charge in [0.25, 0.3) is 0 Å². The quantitative estimate of drug-likeness (QED) is 0.654. The third kappa shape index (κ3) is 2.72. The predicted octanol–water partition coefficient (Wildman–Crippen LogP) is 1.09. The molecule has 2 heterocycles. The number of hydrogen-bond acceptors (Lipinski definition) is 3. The molecule has 1 amide bonds. The van der Waals surface area contributed by atoms with Crippen molar-refractivity contribution < 1.29 is 9.53 Å². The fourth-order valence-electron chi connectivity index (χ4n) is 2.02. The summed E-state index contributed by atoms with van der Waals surface area (Å²) in [7, 11) is 1.78. The van der Waals surface area contributed by atoms with Crippen molar-refractivity contribution in [3.05, 3.63) is 12.2 Å². The number of carbonyl (C=O) groups excluding carboxylic acids is 1.